The minimum Gasteiger partial charge on any atom is -0.504 e. The summed E-state index contributed by atoms with van der Waals surface area (Å²) < 4.78 is 6.53. The van der Waals surface area contributed by atoms with E-state index in [1.165, 1.54) is 38.5 Å². The summed E-state index contributed by atoms with van der Waals surface area (Å²) in [6.45, 7) is 0.420. The van der Waals surface area contributed by atoms with E-state index in [0.717, 1.165) is 17.0 Å². The molecule has 0 saturated heterocycles. The zero-order valence-electron chi connectivity index (χ0n) is 13.9. The van der Waals surface area contributed by atoms with Gasteiger partial charge in [0.25, 0.3) is 0 Å². The van der Waals surface area contributed by atoms with Crippen molar-refractivity contribution in [1.29, 1.82) is 0 Å². The second kappa shape index (κ2) is 3.94. The first-order chi connectivity index (χ1) is 11.5. The molecular weight excluding hydrogens is 302 g/mol. The van der Waals surface area contributed by atoms with Gasteiger partial charge in [0.05, 0.1) is 12.2 Å². The monoisotopic (exact) mass is 327 g/mol. The molecule has 6 aliphatic rings. The molecule has 4 heteroatoms. The van der Waals surface area contributed by atoms with Crippen LogP contribution in [0, 0.1) is 22.2 Å². The number of fused-ring (bicyclic) bond motifs is 1. The summed E-state index contributed by atoms with van der Waals surface area (Å²) in [4.78, 5) is 0. The van der Waals surface area contributed by atoms with Gasteiger partial charge in [-0.05, 0) is 72.3 Å². The Morgan fingerprint density at radius 2 is 1.83 bits per heavy atom. The van der Waals surface area contributed by atoms with Crippen LogP contribution in [0.2, 0.25) is 0 Å². The smallest absolute Gasteiger partial charge is 0.161 e. The van der Waals surface area contributed by atoms with E-state index in [-0.39, 0.29) is 29.1 Å². The number of aromatic hydroxyl groups is 2. The van der Waals surface area contributed by atoms with Crippen LogP contribution in [0.3, 0.4) is 0 Å². The molecule has 0 radical (unpaired) electrons. The number of hydrogen-bond acceptors (Lipinski definition) is 4. The molecule has 1 aromatic carbocycles. The van der Waals surface area contributed by atoms with Gasteiger partial charge in [0, 0.05) is 18.5 Å². The van der Waals surface area contributed by atoms with E-state index in [4.69, 9.17) is 10.5 Å². The molecular formula is C20H25NO3. The zero-order chi connectivity index (χ0) is 16.3. The molecule has 4 N–H and O–H groups in total. The molecule has 4 nitrogen and oxygen atoms in total. The predicted molar refractivity (Wildman–Crippen MR) is 88.6 cm³/mol. The van der Waals surface area contributed by atoms with E-state index in [1.54, 1.807) is 6.07 Å². The van der Waals surface area contributed by atoms with Gasteiger partial charge in [-0.3, -0.25) is 0 Å². The lowest BCUT2D eigenvalue weighted by molar-refractivity contribution is -0.121. The maximum atomic E-state index is 10.4. The largest absolute Gasteiger partial charge is 0.504 e. The second-order valence-electron chi connectivity index (χ2n) is 9.49. The maximum Gasteiger partial charge on any atom is 0.161 e. The summed E-state index contributed by atoms with van der Waals surface area (Å²) in [5.41, 5.74) is 9.37. The summed E-state index contributed by atoms with van der Waals surface area (Å²) in [5, 5.41) is 20.3. The highest BCUT2D eigenvalue weighted by atomic mass is 16.5. The van der Waals surface area contributed by atoms with Crippen molar-refractivity contribution in [2.45, 2.75) is 57.2 Å². The highest BCUT2D eigenvalue weighted by molar-refractivity contribution is 5.51. The van der Waals surface area contributed by atoms with Gasteiger partial charge in [0.1, 0.15) is 0 Å². The van der Waals surface area contributed by atoms with Crippen molar-refractivity contribution < 1.29 is 14.9 Å². The first-order valence-electron chi connectivity index (χ1n) is 9.39. The van der Waals surface area contributed by atoms with E-state index in [1.807, 2.05) is 6.07 Å². The van der Waals surface area contributed by atoms with Crippen molar-refractivity contribution in [3.63, 3.8) is 0 Å². The third-order valence-corrected chi connectivity index (χ3v) is 8.37. The molecule has 1 aliphatic heterocycles. The van der Waals surface area contributed by atoms with Gasteiger partial charge in [-0.25, -0.2) is 0 Å². The summed E-state index contributed by atoms with van der Waals surface area (Å²) >= 11 is 0. The Kier molecular flexibility index (Phi) is 2.29. The third-order valence-electron chi connectivity index (χ3n) is 8.37. The van der Waals surface area contributed by atoms with Gasteiger partial charge in [0.2, 0.25) is 0 Å². The molecule has 5 fully saturated rings. The molecule has 1 heterocycles. The van der Waals surface area contributed by atoms with Crippen molar-refractivity contribution in [2.24, 2.45) is 27.9 Å². The van der Waals surface area contributed by atoms with Crippen LogP contribution in [-0.4, -0.2) is 22.9 Å². The van der Waals surface area contributed by atoms with Crippen LogP contribution in [0.25, 0.3) is 0 Å². The quantitative estimate of drug-likeness (QED) is 0.730. The minimum absolute atomic E-state index is 0.0292. The standard InChI is InChI=1S/C20H25NO3/c21-7-15-12-1-2-14(22)17(23)13(12)3-16(24-15)18-4-11-5-19(8-18)10-20(19,6-11)9-18/h1-2,11,15-16,22-23H,3-10,21H2/t11?,15-,16-,18?,19-,20-/m0/s1. The Bertz CT molecular complexity index is 741. The molecule has 7 rings (SSSR count). The Hall–Kier alpha value is -1.26. The molecule has 4 atom stereocenters. The SMILES string of the molecule is NC[C@@H]1O[C@H](C23CC4C[C@]5(C2)C[C@]5(C4)C3)Cc2c1ccc(O)c2O. The summed E-state index contributed by atoms with van der Waals surface area (Å²) in [6.07, 6.45) is 8.95. The van der Waals surface area contributed by atoms with Crippen LogP contribution in [0.4, 0.5) is 0 Å². The third kappa shape index (κ3) is 1.41. The fourth-order valence-electron chi connectivity index (χ4n) is 7.84. The van der Waals surface area contributed by atoms with Gasteiger partial charge in [-0.2, -0.15) is 0 Å². The van der Waals surface area contributed by atoms with Crippen LogP contribution >= 0.6 is 0 Å². The van der Waals surface area contributed by atoms with Crippen LogP contribution in [-0.2, 0) is 11.2 Å². The van der Waals surface area contributed by atoms with Gasteiger partial charge in [-0.1, -0.05) is 6.07 Å². The van der Waals surface area contributed by atoms with Crippen LogP contribution in [0.15, 0.2) is 12.1 Å². The molecule has 5 saturated carbocycles. The molecule has 5 aliphatic carbocycles. The summed E-state index contributed by atoms with van der Waals surface area (Å²) in [5.74, 6) is 0.895. The first kappa shape index (κ1) is 14.0. The number of rotatable bonds is 2. The van der Waals surface area contributed by atoms with Crippen molar-refractivity contribution in [2.75, 3.05) is 6.54 Å². The van der Waals surface area contributed by atoms with E-state index in [2.05, 4.69) is 0 Å². The Labute approximate surface area is 142 Å². The Balaban J connectivity index is 1.41. The number of benzene rings is 1. The van der Waals surface area contributed by atoms with Crippen LogP contribution in [0.5, 0.6) is 11.5 Å². The lowest BCUT2D eigenvalue weighted by Crippen LogP contribution is -2.47. The number of phenolic OH excluding ortho intramolecular Hbond substituents is 2. The molecule has 2 spiro atoms. The zero-order valence-corrected chi connectivity index (χ0v) is 13.9. The normalized spacial score (nSPS) is 50.0. The summed E-state index contributed by atoms with van der Waals surface area (Å²) in [7, 11) is 0. The lowest BCUT2D eigenvalue weighted by Gasteiger charge is -2.50. The van der Waals surface area contributed by atoms with Crippen LogP contribution < -0.4 is 5.73 Å². The number of nitrogens with two attached hydrogens (primary N) is 1. The highest BCUT2D eigenvalue weighted by Gasteiger charge is 2.82. The van der Waals surface area contributed by atoms with Gasteiger partial charge >= 0.3 is 0 Å². The van der Waals surface area contributed by atoms with Crippen molar-refractivity contribution in [3.8, 4) is 11.5 Å². The number of ether oxygens (including phenoxy) is 1. The average molecular weight is 327 g/mol. The fourth-order valence-corrected chi connectivity index (χ4v) is 7.84. The molecule has 128 valence electrons. The first-order valence-corrected chi connectivity index (χ1v) is 9.39. The lowest BCUT2D eigenvalue weighted by atomic mass is 9.60. The molecule has 0 amide bonds. The van der Waals surface area contributed by atoms with Crippen molar-refractivity contribution in [1.82, 2.24) is 0 Å². The van der Waals surface area contributed by atoms with Gasteiger partial charge < -0.3 is 20.7 Å². The molecule has 0 unspecified atom stereocenters. The predicted octanol–water partition coefficient (Wildman–Crippen LogP) is 3.01. The highest BCUT2D eigenvalue weighted by Crippen LogP contribution is 2.90. The van der Waals surface area contributed by atoms with Crippen molar-refractivity contribution >= 4 is 0 Å². The average Bonchev–Trinajstić information content (AvgIpc) is 2.95. The van der Waals surface area contributed by atoms with Gasteiger partial charge in [-0.15, -0.1) is 0 Å². The van der Waals surface area contributed by atoms with Crippen molar-refractivity contribution in [3.05, 3.63) is 23.3 Å². The molecule has 24 heavy (non-hydrogen) atoms. The maximum absolute atomic E-state index is 10.4. The number of phenols is 2. The molecule has 4 bridgehead atoms. The van der Waals surface area contributed by atoms with E-state index < -0.39 is 0 Å². The molecule has 1 aromatic rings. The Morgan fingerprint density at radius 3 is 2.50 bits per heavy atom. The second-order valence-corrected chi connectivity index (χ2v) is 9.49. The van der Waals surface area contributed by atoms with Crippen LogP contribution in [0.1, 0.15) is 55.8 Å². The van der Waals surface area contributed by atoms with Gasteiger partial charge in [0.15, 0.2) is 11.5 Å². The van der Waals surface area contributed by atoms with E-state index in [9.17, 15) is 10.2 Å². The molecule has 0 aromatic heterocycles. The van der Waals surface area contributed by atoms with E-state index >= 15 is 0 Å². The fraction of sp³-hybridized carbons (Fsp3) is 0.700. The topological polar surface area (TPSA) is 75.7 Å². The minimum atomic E-state index is -0.164. The number of hydrogen-bond donors (Lipinski definition) is 3. The summed E-state index contributed by atoms with van der Waals surface area (Å²) in [6, 6.07) is 3.41. The van der Waals surface area contributed by atoms with E-state index in [0.29, 0.717) is 23.8 Å². The Morgan fingerprint density at radius 1 is 1.08 bits per heavy atom.